The molecule has 3 nitrogen and oxygen atoms in total. The molecule has 2 N–H and O–H groups in total. The van der Waals surface area contributed by atoms with Gasteiger partial charge in [-0.25, -0.2) is 0 Å². The number of nitrogens with two attached hydrogens (primary N) is 1. The molecule has 0 bridgehead atoms. The minimum atomic E-state index is -0.0392. The number of rotatable bonds is 6. The molecule has 2 rings (SSSR count). The van der Waals surface area contributed by atoms with E-state index in [2.05, 4.69) is 26.0 Å². The van der Waals surface area contributed by atoms with E-state index in [1.165, 1.54) is 24.0 Å². The first-order valence-corrected chi connectivity index (χ1v) is 7.69. The summed E-state index contributed by atoms with van der Waals surface area (Å²) in [6.45, 7) is 5.27. The Balaban J connectivity index is 2.01. The molecule has 1 aliphatic rings. The Kier molecular flexibility index (Phi) is 5.44. The van der Waals surface area contributed by atoms with Crippen LogP contribution >= 0.6 is 0 Å². The Morgan fingerprint density at radius 1 is 1.40 bits per heavy atom. The van der Waals surface area contributed by atoms with Crippen LogP contribution in [0, 0.1) is 5.92 Å². The van der Waals surface area contributed by atoms with Crippen LogP contribution in [0.15, 0.2) is 18.2 Å². The molecule has 1 aromatic carbocycles. The van der Waals surface area contributed by atoms with Crippen molar-refractivity contribution in [1.29, 1.82) is 0 Å². The van der Waals surface area contributed by atoms with Crippen LogP contribution in [0.1, 0.15) is 50.3 Å². The highest BCUT2D eigenvalue weighted by Gasteiger charge is 2.28. The first-order chi connectivity index (χ1) is 9.65. The van der Waals surface area contributed by atoms with Crippen molar-refractivity contribution in [3.8, 4) is 5.75 Å². The molecule has 0 aromatic heterocycles. The normalized spacial score (nSPS) is 23.2. The Labute approximate surface area is 122 Å². The number of ether oxygens (including phenoxy) is 2. The summed E-state index contributed by atoms with van der Waals surface area (Å²) in [7, 11) is 1.69. The second kappa shape index (κ2) is 7.09. The molecule has 0 aliphatic heterocycles. The lowest BCUT2D eigenvalue weighted by atomic mass is 9.86. The Hall–Kier alpha value is -1.06. The van der Waals surface area contributed by atoms with E-state index in [4.69, 9.17) is 15.2 Å². The van der Waals surface area contributed by atoms with Gasteiger partial charge in [0.05, 0.1) is 19.3 Å². The van der Waals surface area contributed by atoms with Crippen molar-refractivity contribution in [2.75, 3.05) is 13.7 Å². The van der Waals surface area contributed by atoms with Crippen LogP contribution in [0.25, 0.3) is 0 Å². The number of benzene rings is 1. The molecule has 1 aromatic rings. The van der Waals surface area contributed by atoms with Gasteiger partial charge < -0.3 is 15.2 Å². The van der Waals surface area contributed by atoms with E-state index in [1.54, 1.807) is 7.11 Å². The highest BCUT2D eigenvalue weighted by Crippen LogP contribution is 2.33. The van der Waals surface area contributed by atoms with E-state index in [0.717, 1.165) is 25.2 Å². The van der Waals surface area contributed by atoms with E-state index in [0.29, 0.717) is 5.92 Å². The topological polar surface area (TPSA) is 44.5 Å². The summed E-state index contributed by atoms with van der Waals surface area (Å²) in [5, 5.41) is 0. The van der Waals surface area contributed by atoms with Crippen LogP contribution in [0.5, 0.6) is 5.75 Å². The molecule has 1 aliphatic carbocycles. The Morgan fingerprint density at radius 3 is 2.90 bits per heavy atom. The average molecular weight is 277 g/mol. The van der Waals surface area contributed by atoms with Crippen molar-refractivity contribution >= 4 is 0 Å². The van der Waals surface area contributed by atoms with Gasteiger partial charge >= 0.3 is 0 Å². The van der Waals surface area contributed by atoms with Gasteiger partial charge in [0.1, 0.15) is 5.75 Å². The Bertz CT molecular complexity index is 433. The van der Waals surface area contributed by atoms with Crippen molar-refractivity contribution in [1.82, 2.24) is 0 Å². The molecule has 0 radical (unpaired) electrons. The lowest BCUT2D eigenvalue weighted by molar-refractivity contribution is 0.00615. The van der Waals surface area contributed by atoms with Gasteiger partial charge in [-0.05, 0) is 48.4 Å². The van der Waals surface area contributed by atoms with Gasteiger partial charge in [-0.1, -0.05) is 26.3 Å². The van der Waals surface area contributed by atoms with Crippen LogP contribution in [0.4, 0.5) is 0 Å². The second-order valence-electron chi connectivity index (χ2n) is 5.89. The van der Waals surface area contributed by atoms with Crippen LogP contribution in [-0.4, -0.2) is 19.8 Å². The molecule has 0 heterocycles. The summed E-state index contributed by atoms with van der Waals surface area (Å²) in [4.78, 5) is 0. The number of fused-ring (bicyclic) bond motifs is 1. The van der Waals surface area contributed by atoms with E-state index < -0.39 is 0 Å². The zero-order valence-corrected chi connectivity index (χ0v) is 12.9. The molecule has 0 fully saturated rings. The summed E-state index contributed by atoms with van der Waals surface area (Å²) in [6.07, 6.45) is 4.61. The SMILES string of the molecule is CCCC(C)COC1CCc2ccc(OC)cc2C1N. The molecule has 0 saturated carbocycles. The van der Waals surface area contributed by atoms with Crippen LogP contribution in [-0.2, 0) is 11.2 Å². The molecule has 3 heteroatoms. The van der Waals surface area contributed by atoms with Gasteiger partial charge in [0.2, 0.25) is 0 Å². The minimum Gasteiger partial charge on any atom is -0.497 e. The van der Waals surface area contributed by atoms with Crippen molar-refractivity contribution in [3.05, 3.63) is 29.3 Å². The van der Waals surface area contributed by atoms with Crippen molar-refractivity contribution < 1.29 is 9.47 Å². The predicted molar refractivity (Wildman–Crippen MR) is 82.1 cm³/mol. The van der Waals surface area contributed by atoms with E-state index in [1.807, 2.05) is 6.07 Å². The monoisotopic (exact) mass is 277 g/mol. The van der Waals surface area contributed by atoms with Crippen LogP contribution in [0.3, 0.4) is 0 Å². The fourth-order valence-corrected chi connectivity index (χ4v) is 2.97. The van der Waals surface area contributed by atoms with E-state index in [9.17, 15) is 0 Å². The maximum atomic E-state index is 6.39. The minimum absolute atomic E-state index is 0.0392. The van der Waals surface area contributed by atoms with Crippen LogP contribution in [0.2, 0.25) is 0 Å². The second-order valence-corrected chi connectivity index (χ2v) is 5.89. The number of hydrogen-bond acceptors (Lipinski definition) is 3. The number of hydrogen-bond donors (Lipinski definition) is 1. The smallest absolute Gasteiger partial charge is 0.119 e. The Morgan fingerprint density at radius 2 is 2.20 bits per heavy atom. The molecule has 3 atom stereocenters. The van der Waals surface area contributed by atoms with E-state index >= 15 is 0 Å². The van der Waals surface area contributed by atoms with Crippen LogP contribution < -0.4 is 10.5 Å². The fourth-order valence-electron chi connectivity index (χ4n) is 2.97. The van der Waals surface area contributed by atoms with Crippen molar-refractivity contribution in [2.45, 2.75) is 51.7 Å². The third-order valence-electron chi connectivity index (χ3n) is 4.19. The lowest BCUT2D eigenvalue weighted by Crippen LogP contribution is -2.34. The summed E-state index contributed by atoms with van der Waals surface area (Å²) in [5.74, 6) is 1.48. The standard InChI is InChI=1S/C17H27NO2/c1-4-5-12(2)11-20-16-9-7-13-6-8-14(19-3)10-15(13)17(16)18/h6,8,10,12,16-17H,4-5,7,9,11,18H2,1-3H3. The molecule has 112 valence electrons. The highest BCUT2D eigenvalue weighted by atomic mass is 16.5. The molecule has 0 spiro atoms. The van der Waals surface area contributed by atoms with Gasteiger partial charge in [-0.3, -0.25) is 0 Å². The zero-order valence-electron chi connectivity index (χ0n) is 12.9. The van der Waals surface area contributed by atoms with Crippen molar-refractivity contribution in [2.24, 2.45) is 11.7 Å². The first-order valence-electron chi connectivity index (χ1n) is 7.69. The third-order valence-corrected chi connectivity index (χ3v) is 4.19. The summed E-state index contributed by atoms with van der Waals surface area (Å²) in [6, 6.07) is 6.16. The predicted octanol–water partition coefficient (Wildman–Crippen LogP) is 3.46. The molecule has 0 saturated heterocycles. The quantitative estimate of drug-likeness (QED) is 0.866. The zero-order chi connectivity index (χ0) is 14.5. The van der Waals surface area contributed by atoms with E-state index in [-0.39, 0.29) is 12.1 Å². The van der Waals surface area contributed by atoms with Gasteiger partial charge in [0.15, 0.2) is 0 Å². The number of aryl methyl sites for hydroxylation is 1. The number of methoxy groups -OCH3 is 1. The fraction of sp³-hybridized carbons (Fsp3) is 0.647. The third kappa shape index (κ3) is 3.53. The molecular formula is C17H27NO2. The highest BCUT2D eigenvalue weighted by molar-refractivity contribution is 5.39. The molecule has 20 heavy (non-hydrogen) atoms. The van der Waals surface area contributed by atoms with Gasteiger partial charge in [0, 0.05) is 6.61 Å². The molecular weight excluding hydrogens is 250 g/mol. The molecule has 0 amide bonds. The molecule has 3 unspecified atom stereocenters. The van der Waals surface area contributed by atoms with Gasteiger partial charge in [0.25, 0.3) is 0 Å². The summed E-state index contributed by atoms with van der Waals surface area (Å²) < 4.78 is 11.4. The lowest BCUT2D eigenvalue weighted by Gasteiger charge is -2.32. The maximum Gasteiger partial charge on any atom is 0.119 e. The summed E-state index contributed by atoms with van der Waals surface area (Å²) >= 11 is 0. The van der Waals surface area contributed by atoms with Crippen molar-refractivity contribution in [3.63, 3.8) is 0 Å². The first kappa shape index (κ1) is 15.3. The van der Waals surface area contributed by atoms with Gasteiger partial charge in [-0.2, -0.15) is 0 Å². The van der Waals surface area contributed by atoms with Gasteiger partial charge in [-0.15, -0.1) is 0 Å². The average Bonchev–Trinajstić information content (AvgIpc) is 2.46. The largest absolute Gasteiger partial charge is 0.497 e. The maximum absolute atomic E-state index is 6.39. The summed E-state index contributed by atoms with van der Waals surface area (Å²) in [5.41, 5.74) is 8.91.